The molecule has 0 unspecified atom stereocenters. The van der Waals surface area contributed by atoms with Gasteiger partial charge in [0.1, 0.15) is 0 Å². The van der Waals surface area contributed by atoms with Gasteiger partial charge < -0.3 is 10.4 Å². The van der Waals surface area contributed by atoms with Crippen molar-refractivity contribution in [2.45, 2.75) is 37.6 Å². The van der Waals surface area contributed by atoms with Crippen molar-refractivity contribution in [1.82, 2.24) is 5.32 Å². The number of hydrogen-bond acceptors (Lipinski definition) is 2. The fourth-order valence-electron chi connectivity index (χ4n) is 3.11. The van der Waals surface area contributed by atoms with E-state index in [1.54, 1.807) is 0 Å². The van der Waals surface area contributed by atoms with Crippen molar-refractivity contribution in [3.05, 3.63) is 48.0 Å². The summed E-state index contributed by atoms with van der Waals surface area (Å²) in [6.07, 6.45) is 2.78. The van der Waals surface area contributed by atoms with E-state index in [1.165, 1.54) is 0 Å². The molecule has 3 rings (SSSR count). The number of fused-ring (bicyclic) bond motifs is 1. The Hall–Kier alpha value is -2.36. The highest BCUT2D eigenvalue weighted by Gasteiger charge is 2.40. The number of carbonyl (C=O) groups excluding carboxylic acids is 1. The summed E-state index contributed by atoms with van der Waals surface area (Å²) in [5.41, 5.74) is 0.417. The van der Waals surface area contributed by atoms with E-state index >= 15 is 0 Å². The van der Waals surface area contributed by atoms with Crippen LogP contribution in [-0.2, 0) is 16.0 Å². The summed E-state index contributed by atoms with van der Waals surface area (Å²) in [5, 5.41) is 14.2. The normalized spacial score (nSPS) is 16.0. The van der Waals surface area contributed by atoms with Crippen LogP contribution in [0.15, 0.2) is 42.5 Å². The average Bonchev–Trinajstić information content (AvgIpc) is 2.44. The van der Waals surface area contributed by atoms with E-state index in [9.17, 15) is 9.59 Å². The molecule has 0 aliphatic heterocycles. The first-order chi connectivity index (χ1) is 10.6. The Kier molecular flexibility index (Phi) is 3.84. The molecule has 1 aliphatic rings. The van der Waals surface area contributed by atoms with Crippen LogP contribution in [-0.4, -0.2) is 22.5 Å². The molecule has 0 atom stereocenters. The molecule has 2 aromatic rings. The standard InChI is InChI=1S/C18H19NO3/c20-16(19-18(8-3-9-18)12-17(21)22)11-13-6-7-14-4-1-2-5-15(14)10-13/h1-2,4-7,10H,3,8-9,11-12H2,(H,19,20)(H,21,22). The van der Waals surface area contributed by atoms with Gasteiger partial charge in [-0.25, -0.2) is 0 Å². The van der Waals surface area contributed by atoms with Gasteiger partial charge in [0.05, 0.1) is 18.4 Å². The van der Waals surface area contributed by atoms with Crippen LogP contribution in [0.1, 0.15) is 31.2 Å². The molecule has 0 spiro atoms. The molecule has 4 nitrogen and oxygen atoms in total. The highest BCUT2D eigenvalue weighted by atomic mass is 16.4. The minimum absolute atomic E-state index is 0.0104. The van der Waals surface area contributed by atoms with Crippen molar-refractivity contribution in [2.24, 2.45) is 0 Å². The first kappa shape index (κ1) is 14.6. The second-order valence-electron chi connectivity index (χ2n) is 6.11. The Morgan fingerprint density at radius 2 is 1.82 bits per heavy atom. The van der Waals surface area contributed by atoms with E-state index in [0.29, 0.717) is 0 Å². The van der Waals surface area contributed by atoms with Crippen LogP contribution in [0, 0.1) is 0 Å². The van der Waals surface area contributed by atoms with Gasteiger partial charge in [-0.3, -0.25) is 9.59 Å². The summed E-state index contributed by atoms with van der Waals surface area (Å²) >= 11 is 0. The third-order valence-electron chi connectivity index (χ3n) is 4.38. The van der Waals surface area contributed by atoms with Gasteiger partial charge in [0.25, 0.3) is 0 Å². The van der Waals surface area contributed by atoms with E-state index in [-0.39, 0.29) is 18.7 Å². The summed E-state index contributed by atoms with van der Waals surface area (Å²) in [6, 6.07) is 14.0. The number of carboxylic acids is 1. The predicted molar refractivity (Wildman–Crippen MR) is 84.6 cm³/mol. The number of rotatable bonds is 5. The van der Waals surface area contributed by atoms with Crippen molar-refractivity contribution in [3.63, 3.8) is 0 Å². The van der Waals surface area contributed by atoms with E-state index < -0.39 is 11.5 Å². The number of carboxylic acid groups (broad SMARTS) is 1. The summed E-state index contributed by atoms with van der Waals surface area (Å²) in [4.78, 5) is 23.2. The first-order valence-electron chi connectivity index (χ1n) is 7.57. The van der Waals surface area contributed by atoms with E-state index in [4.69, 9.17) is 5.11 Å². The molecule has 1 fully saturated rings. The summed E-state index contributed by atoms with van der Waals surface area (Å²) in [7, 11) is 0. The van der Waals surface area contributed by atoms with Crippen LogP contribution in [0.4, 0.5) is 0 Å². The second kappa shape index (κ2) is 5.79. The van der Waals surface area contributed by atoms with Crippen LogP contribution in [0.3, 0.4) is 0 Å². The molecular formula is C18H19NO3. The molecule has 0 bridgehead atoms. The van der Waals surface area contributed by atoms with Gasteiger partial charge in [-0.2, -0.15) is 0 Å². The third kappa shape index (κ3) is 3.11. The van der Waals surface area contributed by atoms with Crippen LogP contribution in [0.2, 0.25) is 0 Å². The molecule has 0 heterocycles. The van der Waals surface area contributed by atoms with Gasteiger partial charge in [0, 0.05) is 0 Å². The first-order valence-corrected chi connectivity index (χ1v) is 7.57. The van der Waals surface area contributed by atoms with Gasteiger partial charge in [-0.1, -0.05) is 42.5 Å². The fraction of sp³-hybridized carbons (Fsp3) is 0.333. The molecule has 2 aromatic carbocycles. The Morgan fingerprint density at radius 1 is 1.09 bits per heavy atom. The Balaban J connectivity index is 1.68. The largest absolute Gasteiger partial charge is 0.481 e. The highest BCUT2D eigenvalue weighted by Crippen LogP contribution is 2.35. The summed E-state index contributed by atoms with van der Waals surface area (Å²) < 4.78 is 0. The molecule has 1 amide bonds. The van der Waals surface area contributed by atoms with Gasteiger partial charge in [0.15, 0.2) is 0 Å². The second-order valence-corrected chi connectivity index (χ2v) is 6.11. The average molecular weight is 297 g/mol. The quantitative estimate of drug-likeness (QED) is 0.891. The van der Waals surface area contributed by atoms with Crippen LogP contribution in [0.5, 0.6) is 0 Å². The lowest BCUT2D eigenvalue weighted by Gasteiger charge is -2.41. The Labute approximate surface area is 129 Å². The fourth-order valence-corrected chi connectivity index (χ4v) is 3.11. The van der Waals surface area contributed by atoms with Crippen molar-refractivity contribution < 1.29 is 14.7 Å². The number of amides is 1. The molecular weight excluding hydrogens is 278 g/mol. The van der Waals surface area contributed by atoms with Gasteiger partial charge in [0.2, 0.25) is 5.91 Å². The lowest BCUT2D eigenvalue weighted by atomic mass is 9.74. The molecule has 4 heteroatoms. The van der Waals surface area contributed by atoms with E-state index in [0.717, 1.165) is 35.6 Å². The van der Waals surface area contributed by atoms with Crippen molar-refractivity contribution >= 4 is 22.6 Å². The van der Waals surface area contributed by atoms with Crippen LogP contribution >= 0.6 is 0 Å². The zero-order valence-electron chi connectivity index (χ0n) is 12.3. The predicted octanol–water partition coefficient (Wildman–Crippen LogP) is 2.90. The van der Waals surface area contributed by atoms with Crippen LogP contribution in [0.25, 0.3) is 10.8 Å². The van der Waals surface area contributed by atoms with Crippen molar-refractivity contribution in [3.8, 4) is 0 Å². The van der Waals surface area contributed by atoms with Crippen LogP contribution < -0.4 is 5.32 Å². The Morgan fingerprint density at radius 3 is 2.45 bits per heavy atom. The smallest absolute Gasteiger partial charge is 0.305 e. The lowest BCUT2D eigenvalue weighted by Crippen LogP contribution is -2.55. The van der Waals surface area contributed by atoms with Crippen molar-refractivity contribution in [1.29, 1.82) is 0 Å². The van der Waals surface area contributed by atoms with E-state index in [2.05, 4.69) is 5.32 Å². The molecule has 0 radical (unpaired) electrons. The number of aliphatic carboxylic acids is 1. The molecule has 0 aromatic heterocycles. The number of benzene rings is 2. The lowest BCUT2D eigenvalue weighted by molar-refractivity contribution is -0.140. The molecule has 2 N–H and O–H groups in total. The van der Waals surface area contributed by atoms with Gasteiger partial charge in [-0.15, -0.1) is 0 Å². The summed E-state index contributed by atoms with van der Waals surface area (Å²) in [6.45, 7) is 0. The zero-order valence-corrected chi connectivity index (χ0v) is 12.3. The Bertz CT molecular complexity index is 719. The maximum Gasteiger partial charge on any atom is 0.305 e. The molecule has 22 heavy (non-hydrogen) atoms. The molecule has 114 valence electrons. The number of nitrogens with one attached hydrogen (secondary N) is 1. The maximum atomic E-state index is 12.2. The minimum Gasteiger partial charge on any atom is -0.481 e. The summed E-state index contributed by atoms with van der Waals surface area (Å²) in [5.74, 6) is -0.957. The zero-order chi connectivity index (χ0) is 15.6. The number of hydrogen-bond donors (Lipinski definition) is 2. The highest BCUT2D eigenvalue weighted by molar-refractivity contribution is 5.86. The third-order valence-corrected chi connectivity index (χ3v) is 4.38. The minimum atomic E-state index is -0.856. The van der Waals surface area contributed by atoms with Crippen molar-refractivity contribution in [2.75, 3.05) is 0 Å². The molecule has 1 aliphatic carbocycles. The van der Waals surface area contributed by atoms with Gasteiger partial charge in [-0.05, 0) is 35.6 Å². The molecule has 1 saturated carbocycles. The SMILES string of the molecule is O=C(O)CC1(NC(=O)Cc2ccc3ccccc3c2)CCC1. The molecule has 0 saturated heterocycles. The monoisotopic (exact) mass is 297 g/mol. The number of carbonyl (C=O) groups is 2. The van der Waals surface area contributed by atoms with E-state index in [1.807, 2.05) is 42.5 Å². The maximum absolute atomic E-state index is 12.2. The topological polar surface area (TPSA) is 66.4 Å². The van der Waals surface area contributed by atoms with Gasteiger partial charge >= 0.3 is 5.97 Å².